The summed E-state index contributed by atoms with van der Waals surface area (Å²) in [6.45, 7) is 2.16. The number of likely N-dealkylation sites (tertiary alicyclic amines) is 1. The van der Waals surface area contributed by atoms with Gasteiger partial charge in [-0.2, -0.15) is 10.4 Å². The number of rotatable bonds is 7. The van der Waals surface area contributed by atoms with Gasteiger partial charge in [0.1, 0.15) is 29.1 Å². The van der Waals surface area contributed by atoms with E-state index >= 15 is 0 Å². The molecule has 6 heterocycles. The molecule has 0 amide bonds. The lowest BCUT2D eigenvalue weighted by Crippen LogP contribution is -2.65. The van der Waals surface area contributed by atoms with E-state index in [1.165, 1.54) is 0 Å². The molecule has 2 unspecified atom stereocenters. The van der Waals surface area contributed by atoms with Gasteiger partial charge in [0.15, 0.2) is 11.6 Å². The van der Waals surface area contributed by atoms with Crippen molar-refractivity contribution in [1.29, 1.82) is 5.26 Å². The van der Waals surface area contributed by atoms with E-state index in [4.69, 9.17) is 9.40 Å². The minimum atomic E-state index is -2.24. The van der Waals surface area contributed by atoms with Gasteiger partial charge < -0.3 is 19.1 Å². The maximum atomic E-state index is 11.4. The molecule has 1 aliphatic rings. The van der Waals surface area contributed by atoms with Gasteiger partial charge >= 0.3 is 0 Å². The highest BCUT2D eigenvalue weighted by atomic mass is 32.2. The number of H-pyrrole nitrogens is 1. The van der Waals surface area contributed by atoms with E-state index in [0.717, 1.165) is 10.9 Å². The lowest BCUT2D eigenvalue weighted by Gasteiger charge is -2.51. The number of imidazole rings is 1. The zero-order valence-electron chi connectivity index (χ0n) is 19.2. The van der Waals surface area contributed by atoms with E-state index in [1.807, 2.05) is 16.8 Å². The lowest BCUT2D eigenvalue weighted by atomic mass is 9.87. The number of hydrogen-bond donors (Lipinski definition) is 2. The van der Waals surface area contributed by atoms with Crippen LogP contribution in [0, 0.1) is 11.3 Å². The van der Waals surface area contributed by atoms with Crippen molar-refractivity contribution in [1.82, 2.24) is 34.2 Å². The summed E-state index contributed by atoms with van der Waals surface area (Å²) < 4.78 is 32.3. The molecule has 0 saturated carbocycles. The molecule has 1 aliphatic heterocycles. The average molecular weight is 506 g/mol. The molecule has 0 aromatic carbocycles. The third-order valence-electron chi connectivity index (χ3n) is 6.75. The first-order chi connectivity index (χ1) is 17.4. The molecule has 13 heteroatoms. The summed E-state index contributed by atoms with van der Waals surface area (Å²) in [5.41, 5.74) is 2.21. The number of aliphatic hydroxyl groups is 1. The summed E-state index contributed by atoms with van der Waals surface area (Å²) in [4.78, 5) is 14.1. The Hall–Kier alpha value is -3.83. The van der Waals surface area contributed by atoms with Gasteiger partial charge in [0.05, 0.1) is 41.5 Å². The van der Waals surface area contributed by atoms with E-state index in [2.05, 4.69) is 21.1 Å². The van der Waals surface area contributed by atoms with Crippen molar-refractivity contribution in [2.75, 3.05) is 13.1 Å². The summed E-state index contributed by atoms with van der Waals surface area (Å²) in [6, 6.07) is 7.59. The second-order valence-electron chi connectivity index (χ2n) is 8.89. The Balaban J connectivity index is 1.49. The zero-order chi connectivity index (χ0) is 25.0. The summed E-state index contributed by atoms with van der Waals surface area (Å²) in [5.74, 6) is 1.40. The van der Waals surface area contributed by atoms with Crippen molar-refractivity contribution in [3.63, 3.8) is 0 Å². The first kappa shape index (κ1) is 22.6. The Bertz CT molecular complexity index is 1650. The molecule has 2 atom stereocenters. The molecular formula is C23H21N8O4S-. The molecule has 1 saturated heterocycles. The second kappa shape index (κ2) is 8.38. The largest absolute Gasteiger partial charge is 0.771 e. The highest BCUT2D eigenvalue weighted by Crippen LogP contribution is 2.37. The first-order valence-electron chi connectivity index (χ1n) is 11.2. The zero-order valence-corrected chi connectivity index (χ0v) is 20.0. The molecule has 0 bridgehead atoms. The van der Waals surface area contributed by atoms with Gasteiger partial charge in [-0.1, -0.05) is 0 Å². The first-order valence-corrected chi connectivity index (χ1v) is 12.4. The van der Waals surface area contributed by atoms with Crippen molar-refractivity contribution in [3.8, 4) is 23.3 Å². The number of nitriles is 1. The number of pyridine rings is 1. The maximum absolute atomic E-state index is 11.4. The normalized spacial score (nSPS) is 17.3. The number of fused-ring (bicyclic) bond motifs is 3. The lowest BCUT2D eigenvalue weighted by molar-refractivity contribution is -0.00186. The fraction of sp³-hybridized carbons (Fsp3) is 0.304. The van der Waals surface area contributed by atoms with Crippen molar-refractivity contribution >= 4 is 33.1 Å². The van der Waals surface area contributed by atoms with Crippen LogP contribution in [0.1, 0.15) is 19.1 Å². The molecule has 2 N–H and O–H groups in total. The fourth-order valence-corrected chi connectivity index (χ4v) is 5.22. The Morgan fingerprint density at radius 3 is 2.92 bits per heavy atom. The minimum Gasteiger partial charge on any atom is -0.771 e. The van der Waals surface area contributed by atoms with Crippen molar-refractivity contribution in [3.05, 3.63) is 48.7 Å². The van der Waals surface area contributed by atoms with Crippen LogP contribution in [0.2, 0.25) is 0 Å². The van der Waals surface area contributed by atoms with E-state index in [9.17, 15) is 19.1 Å². The van der Waals surface area contributed by atoms with E-state index in [1.54, 1.807) is 47.2 Å². The monoisotopic (exact) mass is 505 g/mol. The summed E-state index contributed by atoms with van der Waals surface area (Å²) in [5, 5.41) is 23.8. The number of nitrogens with zero attached hydrogens (tertiary/aromatic N) is 7. The number of aliphatic hydroxyl groups excluding tert-OH is 1. The number of furan rings is 1. The van der Waals surface area contributed by atoms with Crippen molar-refractivity contribution in [2.24, 2.45) is 0 Å². The molecule has 36 heavy (non-hydrogen) atoms. The summed E-state index contributed by atoms with van der Waals surface area (Å²) >= 11 is -2.24. The van der Waals surface area contributed by atoms with E-state index in [-0.39, 0.29) is 13.0 Å². The van der Waals surface area contributed by atoms with Crippen LogP contribution >= 0.6 is 0 Å². The Labute approximate surface area is 207 Å². The number of nitrogens with one attached hydrogen (secondary N) is 1. The van der Waals surface area contributed by atoms with Crippen LogP contribution in [-0.2, 0) is 23.2 Å². The SMILES string of the molecule is CC(N1CC(CC#N)(n2cc(-n3c(-c4ccc(CO)o4)nc4cnc5[nH]ccc5c43)cn2)C1)S(=O)[O-]. The van der Waals surface area contributed by atoms with Crippen LogP contribution in [0.25, 0.3) is 39.3 Å². The van der Waals surface area contributed by atoms with Crippen LogP contribution in [0.15, 0.2) is 47.4 Å². The van der Waals surface area contributed by atoms with Gasteiger partial charge in [-0.25, -0.2) is 9.97 Å². The minimum absolute atomic E-state index is 0.185. The molecule has 184 valence electrons. The molecule has 12 nitrogen and oxygen atoms in total. The van der Waals surface area contributed by atoms with Crippen LogP contribution in [0.3, 0.4) is 0 Å². The third-order valence-corrected chi connectivity index (χ3v) is 7.60. The topological polar surface area (TPSA) is 165 Å². The van der Waals surface area contributed by atoms with Gasteiger partial charge in [0.25, 0.3) is 0 Å². The standard InChI is InChI=1S/C23H22N8O4S/c1-14(36(33)34)29-12-23(13-29,5-6-24)30-10-15(8-27-30)31-20-17-4-7-25-21(17)26-9-18(20)28-22(31)19-3-2-16(11-32)35-19/h2-4,7-10,14,32H,5,11-13H2,1H3,(H,25,26)(H,33,34)/p-1. The maximum Gasteiger partial charge on any atom is 0.182 e. The predicted octanol–water partition coefficient (Wildman–Crippen LogP) is 2.00. The molecule has 0 radical (unpaired) electrons. The van der Waals surface area contributed by atoms with Gasteiger partial charge in [-0.05, 0) is 36.2 Å². The highest BCUT2D eigenvalue weighted by Gasteiger charge is 2.47. The van der Waals surface area contributed by atoms with Gasteiger partial charge in [-0.15, -0.1) is 0 Å². The highest BCUT2D eigenvalue weighted by molar-refractivity contribution is 7.79. The average Bonchev–Trinajstić information content (AvgIpc) is 3.63. The smallest absolute Gasteiger partial charge is 0.182 e. The van der Waals surface area contributed by atoms with Crippen LogP contribution in [-0.4, -0.2) is 66.5 Å². The quantitative estimate of drug-likeness (QED) is 0.315. The van der Waals surface area contributed by atoms with Gasteiger partial charge in [-0.3, -0.25) is 18.4 Å². The summed E-state index contributed by atoms with van der Waals surface area (Å²) in [7, 11) is 0. The Morgan fingerprint density at radius 1 is 1.36 bits per heavy atom. The molecule has 6 rings (SSSR count). The van der Waals surface area contributed by atoms with E-state index in [0.29, 0.717) is 47.3 Å². The Kier molecular flexibility index (Phi) is 5.27. The molecule has 1 fully saturated rings. The predicted molar refractivity (Wildman–Crippen MR) is 128 cm³/mol. The molecular weight excluding hydrogens is 484 g/mol. The number of aromatic nitrogens is 6. The van der Waals surface area contributed by atoms with Crippen molar-refractivity contribution in [2.45, 2.75) is 30.9 Å². The molecule has 0 aliphatic carbocycles. The molecule has 5 aromatic heterocycles. The number of hydrogen-bond acceptors (Lipinski definition) is 9. The molecule has 5 aromatic rings. The Morgan fingerprint density at radius 2 is 2.19 bits per heavy atom. The summed E-state index contributed by atoms with van der Waals surface area (Å²) in [6.07, 6.45) is 7.20. The second-order valence-corrected chi connectivity index (χ2v) is 10.1. The van der Waals surface area contributed by atoms with Gasteiger partial charge in [0.2, 0.25) is 0 Å². The molecule has 0 spiro atoms. The number of aromatic amines is 1. The van der Waals surface area contributed by atoms with Crippen molar-refractivity contribution < 1.29 is 18.3 Å². The van der Waals surface area contributed by atoms with Gasteiger partial charge in [0, 0.05) is 30.9 Å². The fourth-order valence-electron chi connectivity index (χ4n) is 4.83. The van der Waals surface area contributed by atoms with Crippen LogP contribution in [0.4, 0.5) is 0 Å². The van der Waals surface area contributed by atoms with Crippen LogP contribution in [0.5, 0.6) is 0 Å². The van der Waals surface area contributed by atoms with E-state index < -0.39 is 22.0 Å². The third kappa shape index (κ3) is 3.38. The van der Waals surface area contributed by atoms with Crippen LogP contribution < -0.4 is 0 Å².